The van der Waals surface area contributed by atoms with Gasteiger partial charge in [0.25, 0.3) is 0 Å². The highest BCUT2D eigenvalue weighted by Gasteiger charge is 2.03. The van der Waals surface area contributed by atoms with Crippen molar-refractivity contribution in [2.24, 2.45) is 0 Å². The molecule has 3 heteroatoms. The summed E-state index contributed by atoms with van der Waals surface area (Å²) in [4.78, 5) is 2.02. The highest BCUT2D eigenvalue weighted by atomic mass is 19.1. The molecule has 0 N–H and O–H groups in total. The van der Waals surface area contributed by atoms with Gasteiger partial charge in [-0.1, -0.05) is 6.07 Å². The number of hydrogen-bond donors (Lipinski definition) is 0. The van der Waals surface area contributed by atoms with Crippen molar-refractivity contribution in [2.45, 2.75) is 6.92 Å². The lowest BCUT2D eigenvalue weighted by Crippen LogP contribution is -2.19. The highest BCUT2D eigenvalue weighted by Crippen LogP contribution is 2.19. The Hall–Kier alpha value is -1.09. The van der Waals surface area contributed by atoms with E-state index in [9.17, 15) is 4.39 Å². The van der Waals surface area contributed by atoms with Gasteiger partial charge in [0.1, 0.15) is 18.2 Å². The smallest absolute Gasteiger partial charge is 0.129 e. The molecule has 0 aromatic heterocycles. The Labute approximate surface area is 84.3 Å². The standard InChI is InChI=1S/C11H16FNO/c1-9-10(12)5-4-6-11(9)14-8-7-13(2)3/h4-6H,7-8H2,1-3H3. The van der Waals surface area contributed by atoms with Gasteiger partial charge >= 0.3 is 0 Å². The first kappa shape index (κ1) is 11.0. The lowest BCUT2D eigenvalue weighted by molar-refractivity contribution is 0.259. The third-order valence-electron chi connectivity index (χ3n) is 2.01. The largest absolute Gasteiger partial charge is 0.492 e. The molecule has 0 spiro atoms. The van der Waals surface area contributed by atoms with Gasteiger partial charge < -0.3 is 9.64 Å². The molecule has 0 amide bonds. The molecular formula is C11H16FNO. The van der Waals surface area contributed by atoms with Crippen molar-refractivity contribution >= 4 is 0 Å². The van der Waals surface area contributed by atoms with Crippen LogP contribution in [0.3, 0.4) is 0 Å². The average molecular weight is 197 g/mol. The molecule has 0 aliphatic heterocycles. The van der Waals surface area contributed by atoms with Crippen LogP contribution >= 0.6 is 0 Å². The number of likely N-dealkylation sites (N-methyl/N-ethyl adjacent to an activating group) is 1. The molecular weight excluding hydrogens is 181 g/mol. The van der Waals surface area contributed by atoms with E-state index in [4.69, 9.17) is 4.74 Å². The van der Waals surface area contributed by atoms with E-state index >= 15 is 0 Å². The summed E-state index contributed by atoms with van der Waals surface area (Å²) in [5.41, 5.74) is 0.575. The summed E-state index contributed by atoms with van der Waals surface area (Å²) in [6.45, 7) is 3.13. The Bertz CT molecular complexity index is 299. The van der Waals surface area contributed by atoms with Crippen molar-refractivity contribution in [3.05, 3.63) is 29.6 Å². The molecule has 1 aromatic carbocycles. The van der Waals surface area contributed by atoms with E-state index in [2.05, 4.69) is 0 Å². The first-order chi connectivity index (χ1) is 6.61. The Kier molecular flexibility index (Phi) is 3.89. The molecule has 0 fully saturated rings. The zero-order valence-electron chi connectivity index (χ0n) is 8.88. The van der Waals surface area contributed by atoms with Gasteiger partial charge in [0.05, 0.1) is 0 Å². The van der Waals surface area contributed by atoms with Gasteiger partial charge in [-0.05, 0) is 33.2 Å². The molecule has 78 valence electrons. The van der Waals surface area contributed by atoms with E-state index in [-0.39, 0.29) is 5.82 Å². The fourth-order valence-corrected chi connectivity index (χ4v) is 1.08. The number of rotatable bonds is 4. The number of ether oxygens (including phenoxy) is 1. The van der Waals surface area contributed by atoms with Crippen molar-refractivity contribution in [1.82, 2.24) is 4.90 Å². The summed E-state index contributed by atoms with van der Waals surface area (Å²) in [7, 11) is 3.95. The molecule has 0 saturated heterocycles. The van der Waals surface area contributed by atoms with E-state index in [0.29, 0.717) is 17.9 Å². The van der Waals surface area contributed by atoms with E-state index < -0.39 is 0 Å². The van der Waals surface area contributed by atoms with Crippen LogP contribution in [-0.4, -0.2) is 32.1 Å². The predicted octanol–water partition coefficient (Wildman–Crippen LogP) is 2.07. The number of benzene rings is 1. The first-order valence-electron chi connectivity index (χ1n) is 4.64. The average Bonchev–Trinajstić information content (AvgIpc) is 2.12. The number of halogens is 1. The third-order valence-corrected chi connectivity index (χ3v) is 2.01. The molecule has 0 bridgehead atoms. The van der Waals surface area contributed by atoms with Crippen molar-refractivity contribution in [3.63, 3.8) is 0 Å². The zero-order valence-corrected chi connectivity index (χ0v) is 8.88. The Morgan fingerprint density at radius 1 is 1.36 bits per heavy atom. The highest BCUT2D eigenvalue weighted by molar-refractivity contribution is 5.33. The summed E-state index contributed by atoms with van der Waals surface area (Å²) < 4.78 is 18.5. The van der Waals surface area contributed by atoms with Gasteiger partial charge in [-0.15, -0.1) is 0 Å². The minimum absolute atomic E-state index is 0.215. The van der Waals surface area contributed by atoms with Crippen LogP contribution in [0.15, 0.2) is 18.2 Å². The lowest BCUT2D eigenvalue weighted by atomic mass is 10.2. The van der Waals surface area contributed by atoms with Crippen LogP contribution in [0.1, 0.15) is 5.56 Å². The second kappa shape index (κ2) is 4.96. The summed E-state index contributed by atoms with van der Waals surface area (Å²) in [6.07, 6.45) is 0. The fourth-order valence-electron chi connectivity index (χ4n) is 1.08. The lowest BCUT2D eigenvalue weighted by Gasteiger charge is -2.12. The maximum absolute atomic E-state index is 13.1. The van der Waals surface area contributed by atoms with Crippen LogP contribution in [0.5, 0.6) is 5.75 Å². The van der Waals surface area contributed by atoms with Crippen LogP contribution in [0, 0.1) is 12.7 Å². The zero-order chi connectivity index (χ0) is 10.6. The topological polar surface area (TPSA) is 12.5 Å². The molecule has 0 aliphatic rings. The summed E-state index contributed by atoms with van der Waals surface area (Å²) in [6, 6.07) is 4.88. The van der Waals surface area contributed by atoms with Crippen molar-refractivity contribution in [3.8, 4) is 5.75 Å². The normalized spacial score (nSPS) is 10.6. The summed E-state index contributed by atoms with van der Waals surface area (Å²) >= 11 is 0. The van der Waals surface area contributed by atoms with Crippen molar-refractivity contribution < 1.29 is 9.13 Å². The van der Waals surface area contributed by atoms with Crippen LogP contribution < -0.4 is 4.74 Å². The Morgan fingerprint density at radius 2 is 2.07 bits per heavy atom. The maximum Gasteiger partial charge on any atom is 0.129 e. The van der Waals surface area contributed by atoms with Gasteiger partial charge in [0.15, 0.2) is 0 Å². The quantitative estimate of drug-likeness (QED) is 0.732. The molecule has 1 rings (SSSR count). The number of hydrogen-bond acceptors (Lipinski definition) is 2. The number of nitrogens with zero attached hydrogens (tertiary/aromatic N) is 1. The second-order valence-corrected chi connectivity index (χ2v) is 3.51. The predicted molar refractivity (Wildman–Crippen MR) is 55.2 cm³/mol. The van der Waals surface area contributed by atoms with Crippen LogP contribution in [0.2, 0.25) is 0 Å². The first-order valence-corrected chi connectivity index (χ1v) is 4.64. The van der Waals surface area contributed by atoms with Gasteiger partial charge in [0, 0.05) is 12.1 Å². The monoisotopic (exact) mass is 197 g/mol. The van der Waals surface area contributed by atoms with E-state index in [1.165, 1.54) is 6.07 Å². The third kappa shape index (κ3) is 3.00. The molecule has 0 saturated carbocycles. The van der Waals surface area contributed by atoms with E-state index in [1.807, 2.05) is 19.0 Å². The molecule has 0 atom stereocenters. The minimum atomic E-state index is -0.215. The molecule has 1 aromatic rings. The van der Waals surface area contributed by atoms with Gasteiger partial charge in [-0.3, -0.25) is 0 Å². The van der Waals surface area contributed by atoms with Gasteiger partial charge in [-0.25, -0.2) is 4.39 Å². The molecule has 0 aliphatic carbocycles. The SMILES string of the molecule is Cc1c(F)cccc1OCCN(C)C. The maximum atomic E-state index is 13.1. The van der Waals surface area contributed by atoms with Gasteiger partial charge in [0.2, 0.25) is 0 Å². The fraction of sp³-hybridized carbons (Fsp3) is 0.455. The molecule has 14 heavy (non-hydrogen) atoms. The summed E-state index contributed by atoms with van der Waals surface area (Å²) in [5, 5.41) is 0. The molecule has 0 unspecified atom stereocenters. The Balaban J connectivity index is 2.54. The van der Waals surface area contributed by atoms with Gasteiger partial charge in [-0.2, -0.15) is 0 Å². The molecule has 0 heterocycles. The molecule has 0 radical (unpaired) electrons. The van der Waals surface area contributed by atoms with Crippen molar-refractivity contribution in [1.29, 1.82) is 0 Å². The summed E-state index contributed by atoms with van der Waals surface area (Å²) in [5.74, 6) is 0.416. The Morgan fingerprint density at radius 3 is 2.71 bits per heavy atom. The molecule has 2 nitrogen and oxygen atoms in total. The van der Waals surface area contributed by atoms with Crippen LogP contribution in [-0.2, 0) is 0 Å². The van der Waals surface area contributed by atoms with Crippen LogP contribution in [0.4, 0.5) is 4.39 Å². The van der Waals surface area contributed by atoms with E-state index in [0.717, 1.165) is 6.54 Å². The second-order valence-electron chi connectivity index (χ2n) is 3.51. The van der Waals surface area contributed by atoms with Crippen molar-refractivity contribution in [2.75, 3.05) is 27.2 Å². The van der Waals surface area contributed by atoms with Crippen LogP contribution in [0.25, 0.3) is 0 Å². The van der Waals surface area contributed by atoms with E-state index in [1.54, 1.807) is 19.1 Å². The minimum Gasteiger partial charge on any atom is -0.492 e.